The van der Waals surface area contributed by atoms with Crippen molar-refractivity contribution in [3.63, 3.8) is 0 Å². The molecule has 0 heterocycles. The monoisotopic (exact) mass is 325 g/mol. The topological polar surface area (TPSA) is 61.6 Å². The van der Waals surface area contributed by atoms with Crippen LogP contribution in [0.4, 0.5) is 4.79 Å². The van der Waals surface area contributed by atoms with E-state index in [1.165, 1.54) is 5.56 Å². The summed E-state index contributed by atoms with van der Waals surface area (Å²) in [4.78, 5) is 11.1. The van der Waals surface area contributed by atoms with Gasteiger partial charge in [0.1, 0.15) is 11.9 Å². The molecular weight excluding hydrogens is 302 g/mol. The molecule has 2 aromatic rings. The Hall–Kier alpha value is -2.49. The highest BCUT2D eigenvalue weighted by Crippen LogP contribution is 2.35. The van der Waals surface area contributed by atoms with Crippen LogP contribution in [0.1, 0.15) is 43.4 Å². The number of carbonyl (C=O) groups excluding carboxylic acids is 1. The van der Waals surface area contributed by atoms with Gasteiger partial charge >= 0.3 is 6.09 Å². The van der Waals surface area contributed by atoms with E-state index >= 15 is 0 Å². The Balaban J connectivity index is 1.85. The average Bonchev–Trinajstić information content (AvgIpc) is 2.60. The summed E-state index contributed by atoms with van der Waals surface area (Å²) in [5, 5.41) is 0. The van der Waals surface area contributed by atoms with Crippen LogP contribution in [-0.4, -0.2) is 12.7 Å². The van der Waals surface area contributed by atoms with Crippen molar-refractivity contribution < 1.29 is 14.3 Å². The molecule has 0 saturated heterocycles. The lowest BCUT2D eigenvalue weighted by atomic mass is 9.87. The van der Waals surface area contributed by atoms with E-state index in [-0.39, 0.29) is 6.10 Å². The Kier molecular flexibility index (Phi) is 5.04. The van der Waals surface area contributed by atoms with Crippen molar-refractivity contribution in [1.29, 1.82) is 0 Å². The molecule has 0 aliphatic heterocycles. The first kappa shape index (κ1) is 16.4. The molecule has 0 saturated carbocycles. The van der Waals surface area contributed by atoms with Crippen molar-refractivity contribution in [2.75, 3.05) is 6.61 Å². The molecule has 0 spiro atoms. The van der Waals surface area contributed by atoms with Gasteiger partial charge in [-0.3, -0.25) is 0 Å². The maximum absolute atomic E-state index is 11.1. The fourth-order valence-corrected chi connectivity index (χ4v) is 3.16. The van der Waals surface area contributed by atoms with E-state index in [0.29, 0.717) is 0 Å². The number of hydrogen-bond acceptors (Lipinski definition) is 3. The first-order valence-corrected chi connectivity index (χ1v) is 8.49. The summed E-state index contributed by atoms with van der Waals surface area (Å²) >= 11 is 0. The molecular formula is C20H23NO3. The molecule has 1 atom stereocenters. The number of rotatable bonds is 5. The van der Waals surface area contributed by atoms with Crippen LogP contribution >= 0.6 is 0 Å². The minimum atomic E-state index is -0.712. The molecule has 1 unspecified atom stereocenters. The molecule has 0 radical (unpaired) electrons. The lowest BCUT2D eigenvalue weighted by Gasteiger charge is -2.25. The molecule has 0 aromatic heterocycles. The molecule has 0 bridgehead atoms. The van der Waals surface area contributed by atoms with Gasteiger partial charge in [-0.25, -0.2) is 4.79 Å². The van der Waals surface area contributed by atoms with Crippen LogP contribution in [-0.2, 0) is 11.2 Å². The van der Waals surface area contributed by atoms with Crippen LogP contribution < -0.4 is 10.5 Å². The number of nitrogens with two attached hydrogens (primary N) is 1. The van der Waals surface area contributed by atoms with E-state index < -0.39 is 6.09 Å². The molecule has 24 heavy (non-hydrogen) atoms. The van der Waals surface area contributed by atoms with Crippen molar-refractivity contribution in [3.8, 4) is 16.9 Å². The summed E-state index contributed by atoms with van der Waals surface area (Å²) in [5.41, 5.74) is 9.74. The molecule has 3 rings (SSSR count). The molecule has 0 fully saturated rings. The second kappa shape index (κ2) is 7.39. The van der Waals surface area contributed by atoms with Crippen LogP contribution in [0.5, 0.6) is 5.75 Å². The summed E-state index contributed by atoms with van der Waals surface area (Å²) in [7, 11) is 0. The predicted molar refractivity (Wildman–Crippen MR) is 94.0 cm³/mol. The van der Waals surface area contributed by atoms with Crippen molar-refractivity contribution in [2.24, 2.45) is 5.73 Å². The normalized spacial score (nSPS) is 16.3. The molecule has 126 valence electrons. The predicted octanol–water partition coefficient (Wildman–Crippen LogP) is 4.62. The third kappa shape index (κ3) is 3.70. The summed E-state index contributed by atoms with van der Waals surface area (Å²) in [6, 6.07) is 14.4. The van der Waals surface area contributed by atoms with E-state index in [1.54, 1.807) is 0 Å². The van der Waals surface area contributed by atoms with Gasteiger partial charge in [0.05, 0.1) is 6.61 Å². The van der Waals surface area contributed by atoms with Crippen LogP contribution in [0.3, 0.4) is 0 Å². The summed E-state index contributed by atoms with van der Waals surface area (Å²) in [6.07, 6.45) is 2.89. The second-order valence-electron chi connectivity index (χ2n) is 6.10. The minimum absolute atomic E-state index is 0.238. The average molecular weight is 325 g/mol. The Morgan fingerprint density at radius 1 is 1.17 bits per heavy atom. The van der Waals surface area contributed by atoms with E-state index in [0.717, 1.165) is 54.7 Å². The minimum Gasteiger partial charge on any atom is -0.494 e. The van der Waals surface area contributed by atoms with Gasteiger partial charge in [-0.1, -0.05) is 31.2 Å². The number of hydrogen-bond donors (Lipinski definition) is 1. The number of carbonyl (C=O) groups is 1. The van der Waals surface area contributed by atoms with Gasteiger partial charge in [-0.05, 0) is 66.1 Å². The van der Waals surface area contributed by atoms with Gasteiger partial charge in [-0.15, -0.1) is 0 Å². The maximum Gasteiger partial charge on any atom is 0.405 e. The zero-order chi connectivity index (χ0) is 16.9. The van der Waals surface area contributed by atoms with Crippen LogP contribution in [0, 0.1) is 0 Å². The van der Waals surface area contributed by atoms with Crippen molar-refractivity contribution >= 4 is 6.09 Å². The van der Waals surface area contributed by atoms with E-state index in [1.807, 2.05) is 12.1 Å². The van der Waals surface area contributed by atoms with Gasteiger partial charge in [0.25, 0.3) is 0 Å². The largest absolute Gasteiger partial charge is 0.494 e. The number of aryl methyl sites for hydroxylation is 1. The van der Waals surface area contributed by atoms with Crippen LogP contribution in [0.2, 0.25) is 0 Å². The molecule has 1 aliphatic carbocycles. The van der Waals surface area contributed by atoms with E-state index in [4.69, 9.17) is 15.2 Å². The number of fused-ring (bicyclic) bond motifs is 1. The highest BCUT2D eigenvalue weighted by molar-refractivity contribution is 5.67. The number of ether oxygens (including phenoxy) is 2. The standard InChI is InChI=1S/C20H23NO3/c1-2-12-23-17-10-8-14(9-11-17)16-7-6-15-4-3-5-19(18(15)13-16)24-20(21)22/h6-11,13,19H,2-5,12H2,1H3,(H2,21,22). The number of primary amides is 1. The quantitative estimate of drug-likeness (QED) is 0.873. The van der Waals surface area contributed by atoms with E-state index in [9.17, 15) is 4.79 Å². The fraction of sp³-hybridized carbons (Fsp3) is 0.350. The van der Waals surface area contributed by atoms with Crippen LogP contribution in [0.15, 0.2) is 42.5 Å². The molecule has 2 N–H and O–H groups in total. The summed E-state index contributed by atoms with van der Waals surface area (Å²) in [6.45, 7) is 2.82. The third-order valence-electron chi connectivity index (χ3n) is 4.32. The number of amides is 1. The van der Waals surface area contributed by atoms with Gasteiger partial charge in [0, 0.05) is 0 Å². The lowest BCUT2D eigenvalue weighted by molar-refractivity contribution is 0.0959. The fourth-order valence-electron chi connectivity index (χ4n) is 3.16. The molecule has 4 nitrogen and oxygen atoms in total. The van der Waals surface area contributed by atoms with E-state index in [2.05, 4.69) is 37.3 Å². The molecule has 1 aliphatic rings. The highest BCUT2D eigenvalue weighted by Gasteiger charge is 2.23. The summed E-state index contributed by atoms with van der Waals surface area (Å²) < 4.78 is 10.9. The zero-order valence-corrected chi connectivity index (χ0v) is 14.0. The van der Waals surface area contributed by atoms with Crippen molar-refractivity contribution in [2.45, 2.75) is 38.7 Å². The maximum atomic E-state index is 11.1. The van der Waals surface area contributed by atoms with Gasteiger partial charge in [-0.2, -0.15) is 0 Å². The van der Waals surface area contributed by atoms with Gasteiger partial charge in [0.15, 0.2) is 0 Å². The Bertz CT molecular complexity index is 709. The molecule has 1 amide bonds. The zero-order valence-electron chi connectivity index (χ0n) is 14.0. The van der Waals surface area contributed by atoms with Crippen molar-refractivity contribution in [1.82, 2.24) is 0 Å². The van der Waals surface area contributed by atoms with Gasteiger partial charge in [0.2, 0.25) is 0 Å². The lowest BCUT2D eigenvalue weighted by Crippen LogP contribution is -2.20. The summed E-state index contributed by atoms with van der Waals surface area (Å²) in [5.74, 6) is 0.883. The highest BCUT2D eigenvalue weighted by atomic mass is 16.6. The second-order valence-corrected chi connectivity index (χ2v) is 6.10. The Labute approximate surface area is 142 Å². The number of benzene rings is 2. The Morgan fingerprint density at radius 2 is 1.92 bits per heavy atom. The van der Waals surface area contributed by atoms with Crippen molar-refractivity contribution in [3.05, 3.63) is 53.6 Å². The Morgan fingerprint density at radius 3 is 2.62 bits per heavy atom. The smallest absolute Gasteiger partial charge is 0.405 e. The first-order chi connectivity index (χ1) is 11.7. The first-order valence-electron chi connectivity index (χ1n) is 8.49. The van der Waals surface area contributed by atoms with Gasteiger partial charge < -0.3 is 15.2 Å². The molecule has 2 aromatic carbocycles. The molecule has 4 heteroatoms. The van der Waals surface area contributed by atoms with Crippen LogP contribution in [0.25, 0.3) is 11.1 Å². The SMILES string of the molecule is CCCOc1ccc(-c2ccc3c(c2)C(OC(N)=O)CCC3)cc1. The third-order valence-corrected chi connectivity index (χ3v) is 4.32.